The smallest absolute Gasteiger partial charge is 0.0579 e. The van der Waals surface area contributed by atoms with E-state index in [4.69, 9.17) is 4.74 Å². The SMILES string of the molecule is CCC(C)OC1CCC(C(C)(C)C)CC1. The lowest BCUT2D eigenvalue weighted by Crippen LogP contribution is -2.30. The average molecular weight is 212 g/mol. The zero-order chi connectivity index (χ0) is 11.5. The third kappa shape index (κ3) is 4.14. The minimum Gasteiger partial charge on any atom is -0.375 e. The van der Waals surface area contributed by atoms with E-state index in [1.54, 1.807) is 0 Å². The largest absolute Gasteiger partial charge is 0.375 e. The summed E-state index contributed by atoms with van der Waals surface area (Å²) in [4.78, 5) is 0. The van der Waals surface area contributed by atoms with Gasteiger partial charge < -0.3 is 4.74 Å². The fourth-order valence-electron chi connectivity index (χ4n) is 2.49. The van der Waals surface area contributed by atoms with Crippen molar-refractivity contribution in [2.45, 2.75) is 78.9 Å². The van der Waals surface area contributed by atoms with Crippen molar-refractivity contribution in [3.05, 3.63) is 0 Å². The normalized spacial score (nSPS) is 30.2. The van der Waals surface area contributed by atoms with Crippen LogP contribution in [0, 0.1) is 11.3 Å². The van der Waals surface area contributed by atoms with Gasteiger partial charge in [-0.2, -0.15) is 0 Å². The molecule has 0 aromatic rings. The first-order valence-electron chi connectivity index (χ1n) is 6.59. The van der Waals surface area contributed by atoms with Crippen LogP contribution in [0.15, 0.2) is 0 Å². The Morgan fingerprint density at radius 3 is 2.07 bits per heavy atom. The molecular formula is C14H28O. The van der Waals surface area contributed by atoms with Crippen LogP contribution in [0.25, 0.3) is 0 Å². The first-order chi connectivity index (χ1) is 6.93. The first kappa shape index (κ1) is 13.0. The fourth-order valence-corrected chi connectivity index (χ4v) is 2.49. The summed E-state index contributed by atoms with van der Waals surface area (Å²) in [5, 5.41) is 0. The zero-order valence-corrected chi connectivity index (χ0v) is 11.2. The van der Waals surface area contributed by atoms with Crippen molar-refractivity contribution in [2.24, 2.45) is 11.3 Å². The van der Waals surface area contributed by atoms with Crippen LogP contribution in [0.1, 0.15) is 66.7 Å². The molecule has 0 heterocycles. The molecule has 0 spiro atoms. The monoisotopic (exact) mass is 212 g/mol. The second kappa shape index (κ2) is 5.34. The molecule has 1 fully saturated rings. The zero-order valence-electron chi connectivity index (χ0n) is 11.2. The van der Waals surface area contributed by atoms with Crippen LogP contribution in [0.3, 0.4) is 0 Å². The van der Waals surface area contributed by atoms with E-state index < -0.39 is 0 Å². The van der Waals surface area contributed by atoms with Gasteiger partial charge in [-0.3, -0.25) is 0 Å². The van der Waals surface area contributed by atoms with E-state index in [1.165, 1.54) is 25.7 Å². The predicted octanol–water partition coefficient (Wildman–Crippen LogP) is 4.41. The number of ether oxygens (including phenoxy) is 1. The minimum absolute atomic E-state index is 0.446. The highest BCUT2D eigenvalue weighted by atomic mass is 16.5. The fraction of sp³-hybridized carbons (Fsp3) is 1.00. The number of hydrogen-bond donors (Lipinski definition) is 0. The molecule has 1 saturated carbocycles. The summed E-state index contributed by atoms with van der Waals surface area (Å²) in [5.74, 6) is 0.897. The number of hydrogen-bond acceptors (Lipinski definition) is 1. The van der Waals surface area contributed by atoms with E-state index in [0.29, 0.717) is 17.6 Å². The molecule has 0 aromatic carbocycles. The molecule has 0 amide bonds. The van der Waals surface area contributed by atoms with Crippen molar-refractivity contribution in [1.82, 2.24) is 0 Å². The lowest BCUT2D eigenvalue weighted by atomic mass is 9.72. The van der Waals surface area contributed by atoms with Crippen LogP contribution in [0.5, 0.6) is 0 Å². The summed E-state index contributed by atoms with van der Waals surface area (Å²) in [6.45, 7) is 11.5. The van der Waals surface area contributed by atoms with Gasteiger partial charge in [0.15, 0.2) is 0 Å². The van der Waals surface area contributed by atoms with Crippen LogP contribution >= 0.6 is 0 Å². The van der Waals surface area contributed by atoms with E-state index in [9.17, 15) is 0 Å². The van der Waals surface area contributed by atoms with Gasteiger partial charge in [0.2, 0.25) is 0 Å². The van der Waals surface area contributed by atoms with E-state index in [1.807, 2.05) is 0 Å². The first-order valence-corrected chi connectivity index (χ1v) is 6.59. The Labute approximate surface area is 95.6 Å². The quantitative estimate of drug-likeness (QED) is 0.673. The van der Waals surface area contributed by atoms with Crippen molar-refractivity contribution >= 4 is 0 Å². The van der Waals surface area contributed by atoms with Gasteiger partial charge in [0.1, 0.15) is 0 Å². The Morgan fingerprint density at radius 2 is 1.67 bits per heavy atom. The van der Waals surface area contributed by atoms with Gasteiger partial charge in [-0.25, -0.2) is 0 Å². The molecule has 0 aliphatic heterocycles. The van der Waals surface area contributed by atoms with Crippen LogP contribution < -0.4 is 0 Å². The molecule has 1 unspecified atom stereocenters. The van der Waals surface area contributed by atoms with Crippen LogP contribution in [0.4, 0.5) is 0 Å². The molecule has 0 bridgehead atoms. The van der Waals surface area contributed by atoms with Crippen LogP contribution in [-0.2, 0) is 4.74 Å². The maximum atomic E-state index is 6.00. The van der Waals surface area contributed by atoms with Gasteiger partial charge in [0, 0.05) is 0 Å². The maximum absolute atomic E-state index is 6.00. The minimum atomic E-state index is 0.446. The summed E-state index contributed by atoms with van der Waals surface area (Å²) < 4.78 is 6.00. The van der Waals surface area contributed by atoms with Crippen molar-refractivity contribution in [1.29, 1.82) is 0 Å². The Bertz CT molecular complexity index is 172. The van der Waals surface area contributed by atoms with Crippen molar-refractivity contribution in [3.63, 3.8) is 0 Å². The number of rotatable bonds is 3. The Balaban J connectivity index is 2.30. The highest BCUT2D eigenvalue weighted by Gasteiger charge is 2.30. The molecule has 1 aliphatic rings. The molecule has 0 aromatic heterocycles. The molecule has 15 heavy (non-hydrogen) atoms. The highest BCUT2D eigenvalue weighted by Crippen LogP contribution is 2.38. The molecule has 0 saturated heterocycles. The second-order valence-electron chi connectivity index (χ2n) is 6.19. The summed E-state index contributed by atoms with van der Waals surface area (Å²) in [7, 11) is 0. The maximum Gasteiger partial charge on any atom is 0.0579 e. The van der Waals surface area contributed by atoms with E-state index in [2.05, 4.69) is 34.6 Å². The van der Waals surface area contributed by atoms with Crippen molar-refractivity contribution < 1.29 is 4.74 Å². The third-order valence-electron chi connectivity index (χ3n) is 3.90. The molecule has 0 N–H and O–H groups in total. The van der Waals surface area contributed by atoms with Crippen LogP contribution in [0.2, 0.25) is 0 Å². The van der Waals surface area contributed by atoms with Gasteiger partial charge in [-0.15, -0.1) is 0 Å². The molecule has 0 radical (unpaired) electrons. The Hall–Kier alpha value is -0.0400. The van der Waals surface area contributed by atoms with Gasteiger partial charge in [-0.1, -0.05) is 27.7 Å². The molecule has 1 nitrogen and oxygen atoms in total. The lowest BCUT2D eigenvalue weighted by molar-refractivity contribution is -0.0378. The topological polar surface area (TPSA) is 9.23 Å². The molecule has 90 valence electrons. The second-order valence-corrected chi connectivity index (χ2v) is 6.19. The van der Waals surface area contributed by atoms with Crippen molar-refractivity contribution in [2.75, 3.05) is 0 Å². The standard InChI is InChI=1S/C14H28O/c1-6-11(2)15-13-9-7-12(8-10-13)14(3,4)5/h11-13H,6-10H2,1-5H3. The summed E-state index contributed by atoms with van der Waals surface area (Å²) >= 11 is 0. The van der Waals surface area contributed by atoms with E-state index >= 15 is 0 Å². The molecule has 1 rings (SSSR count). The van der Waals surface area contributed by atoms with Gasteiger partial charge in [0.25, 0.3) is 0 Å². The lowest BCUT2D eigenvalue weighted by Gasteiger charge is -2.37. The van der Waals surface area contributed by atoms with Gasteiger partial charge >= 0.3 is 0 Å². The Morgan fingerprint density at radius 1 is 1.13 bits per heavy atom. The van der Waals surface area contributed by atoms with Crippen LogP contribution in [-0.4, -0.2) is 12.2 Å². The highest BCUT2D eigenvalue weighted by molar-refractivity contribution is 4.81. The van der Waals surface area contributed by atoms with E-state index in [-0.39, 0.29) is 0 Å². The van der Waals surface area contributed by atoms with Crippen molar-refractivity contribution in [3.8, 4) is 0 Å². The third-order valence-corrected chi connectivity index (χ3v) is 3.90. The molecule has 1 atom stereocenters. The Kier molecular flexibility index (Phi) is 4.64. The summed E-state index contributed by atoms with van der Waals surface area (Å²) in [6.07, 6.45) is 7.37. The van der Waals surface area contributed by atoms with Gasteiger partial charge in [-0.05, 0) is 50.4 Å². The van der Waals surface area contributed by atoms with E-state index in [0.717, 1.165) is 12.3 Å². The molecular weight excluding hydrogens is 184 g/mol. The molecule has 1 aliphatic carbocycles. The predicted molar refractivity (Wildman–Crippen MR) is 66.0 cm³/mol. The van der Waals surface area contributed by atoms with Gasteiger partial charge in [0.05, 0.1) is 12.2 Å². The average Bonchev–Trinajstić information content (AvgIpc) is 2.17. The summed E-state index contributed by atoms with van der Waals surface area (Å²) in [5.41, 5.74) is 0.487. The molecule has 1 heteroatoms. The summed E-state index contributed by atoms with van der Waals surface area (Å²) in [6, 6.07) is 0.